The van der Waals surface area contributed by atoms with E-state index in [4.69, 9.17) is 15.6 Å². The Morgan fingerprint density at radius 1 is 1.19 bits per heavy atom. The van der Waals surface area contributed by atoms with Gasteiger partial charge in [-0.15, -0.1) is 0 Å². The number of nitrogens with one attached hydrogen (secondary N) is 1. The molecule has 1 aromatic heterocycles. The van der Waals surface area contributed by atoms with Crippen molar-refractivity contribution in [2.24, 2.45) is 0 Å². The first-order chi connectivity index (χ1) is 15.4. The van der Waals surface area contributed by atoms with Crippen molar-refractivity contribution in [2.75, 3.05) is 29.4 Å². The van der Waals surface area contributed by atoms with Crippen LogP contribution in [0.2, 0.25) is 0 Å². The van der Waals surface area contributed by atoms with Crippen molar-refractivity contribution in [3.8, 4) is 17.0 Å². The third-order valence-corrected chi connectivity index (χ3v) is 7.42. The summed E-state index contributed by atoms with van der Waals surface area (Å²) in [6.45, 7) is 2.40. The van der Waals surface area contributed by atoms with Crippen LogP contribution in [0, 0.1) is 0 Å². The van der Waals surface area contributed by atoms with E-state index < -0.39 is 10.0 Å². The lowest BCUT2D eigenvalue weighted by Crippen LogP contribution is -2.18. The van der Waals surface area contributed by atoms with E-state index >= 15 is 0 Å². The summed E-state index contributed by atoms with van der Waals surface area (Å²) >= 11 is 0. The zero-order chi connectivity index (χ0) is 22.7. The molecule has 1 aliphatic carbocycles. The Bertz CT molecular complexity index is 1180. The highest BCUT2D eigenvalue weighted by atomic mass is 32.2. The highest BCUT2D eigenvalue weighted by Gasteiger charge is 2.27. The van der Waals surface area contributed by atoms with Gasteiger partial charge in [-0.25, -0.2) is 8.42 Å². The van der Waals surface area contributed by atoms with Gasteiger partial charge in [-0.1, -0.05) is 19.1 Å². The number of hydrogen-bond donors (Lipinski definition) is 3. The molecule has 32 heavy (non-hydrogen) atoms. The van der Waals surface area contributed by atoms with Crippen molar-refractivity contribution in [1.82, 2.24) is 4.57 Å². The molecule has 2 aromatic carbocycles. The number of aliphatic hydroxyl groups is 1. The van der Waals surface area contributed by atoms with Gasteiger partial charge in [0.15, 0.2) is 0 Å². The number of nitrogens with zero attached hydrogens (tertiary/aromatic N) is 1. The van der Waals surface area contributed by atoms with E-state index in [0.717, 1.165) is 40.8 Å². The number of anilines is 2. The highest BCUT2D eigenvalue weighted by molar-refractivity contribution is 7.92. The zero-order valence-corrected chi connectivity index (χ0v) is 19.2. The second-order valence-corrected chi connectivity index (χ2v) is 10.2. The number of ether oxygens (including phenoxy) is 1. The third-order valence-electron chi connectivity index (χ3n) is 5.93. The van der Waals surface area contributed by atoms with E-state index in [1.165, 1.54) is 6.42 Å². The standard InChI is InChI=1S/C24H31N3O4S/c1-2-15-32(29,30)26-18-9-7-17(8-10-18)24-23(25)21-12-11-20(31-14-4-13-28)16-22(21)27(24)19-5-3-6-19/h7-12,16,19,26,28H,2-6,13-15,25H2,1H3. The molecule has 0 radical (unpaired) electrons. The number of aliphatic hydroxyl groups excluding tert-OH is 1. The molecule has 8 heteroatoms. The summed E-state index contributed by atoms with van der Waals surface area (Å²) in [5, 5.41) is 9.99. The van der Waals surface area contributed by atoms with Crippen LogP contribution in [0.25, 0.3) is 22.2 Å². The van der Waals surface area contributed by atoms with E-state index in [-0.39, 0.29) is 12.4 Å². The maximum atomic E-state index is 12.1. The van der Waals surface area contributed by atoms with Crippen LogP contribution in [-0.2, 0) is 10.0 Å². The molecule has 172 valence electrons. The van der Waals surface area contributed by atoms with Crippen LogP contribution in [0.15, 0.2) is 42.5 Å². The van der Waals surface area contributed by atoms with Crippen LogP contribution in [0.5, 0.6) is 5.75 Å². The van der Waals surface area contributed by atoms with Crippen molar-refractivity contribution in [3.05, 3.63) is 42.5 Å². The van der Waals surface area contributed by atoms with Gasteiger partial charge in [-0.05, 0) is 49.9 Å². The number of rotatable bonds is 10. The minimum Gasteiger partial charge on any atom is -0.493 e. The molecule has 4 rings (SSSR count). The first kappa shape index (κ1) is 22.5. The van der Waals surface area contributed by atoms with Gasteiger partial charge < -0.3 is 20.1 Å². The third kappa shape index (κ3) is 4.56. The Morgan fingerprint density at radius 2 is 1.94 bits per heavy atom. The number of aromatic nitrogens is 1. The van der Waals surface area contributed by atoms with Gasteiger partial charge in [0.05, 0.1) is 29.3 Å². The predicted octanol–water partition coefficient (Wildman–Crippen LogP) is 4.53. The number of nitrogens with two attached hydrogens (primary N) is 1. The fourth-order valence-corrected chi connectivity index (χ4v) is 5.31. The molecule has 7 nitrogen and oxygen atoms in total. The lowest BCUT2D eigenvalue weighted by atomic mass is 9.92. The van der Waals surface area contributed by atoms with Crippen LogP contribution in [0.4, 0.5) is 11.4 Å². The van der Waals surface area contributed by atoms with Crippen LogP contribution >= 0.6 is 0 Å². The minimum atomic E-state index is -3.33. The van der Waals surface area contributed by atoms with Crippen LogP contribution < -0.4 is 15.2 Å². The molecular formula is C24H31N3O4S. The minimum absolute atomic E-state index is 0.0975. The van der Waals surface area contributed by atoms with Crippen LogP contribution in [-0.4, -0.2) is 37.1 Å². The van der Waals surface area contributed by atoms with Crippen LogP contribution in [0.1, 0.15) is 45.1 Å². The van der Waals surface area contributed by atoms with Crippen molar-refractivity contribution < 1.29 is 18.3 Å². The lowest BCUT2D eigenvalue weighted by molar-refractivity contribution is 0.233. The molecule has 0 amide bonds. The average molecular weight is 458 g/mol. The van der Waals surface area contributed by atoms with Gasteiger partial charge in [-0.2, -0.15) is 0 Å². The second kappa shape index (κ2) is 9.42. The van der Waals surface area contributed by atoms with Crippen molar-refractivity contribution in [3.63, 3.8) is 0 Å². The summed E-state index contributed by atoms with van der Waals surface area (Å²) in [6.07, 6.45) is 4.54. The summed E-state index contributed by atoms with van der Waals surface area (Å²) in [5.74, 6) is 0.858. The van der Waals surface area contributed by atoms with Crippen molar-refractivity contribution >= 4 is 32.3 Å². The quantitative estimate of drug-likeness (QED) is 0.388. The van der Waals surface area contributed by atoms with E-state index in [2.05, 4.69) is 9.29 Å². The van der Waals surface area contributed by atoms with Gasteiger partial charge in [0.2, 0.25) is 10.0 Å². The molecule has 0 saturated heterocycles. The van der Waals surface area contributed by atoms with Crippen molar-refractivity contribution in [2.45, 2.75) is 45.1 Å². The van der Waals surface area contributed by atoms with Gasteiger partial charge in [-0.3, -0.25) is 4.72 Å². The molecule has 0 unspecified atom stereocenters. The van der Waals surface area contributed by atoms with E-state index in [0.29, 0.717) is 36.9 Å². The monoisotopic (exact) mass is 457 g/mol. The number of sulfonamides is 1. The second-order valence-electron chi connectivity index (χ2n) is 8.32. The molecule has 4 N–H and O–H groups in total. The van der Waals surface area contributed by atoms with Crippen molar-refractivity contribution in [1.29, 1.82) is 0 Å². The maximum absolute atomic E-state index is 12.1. The molecule has 1 saturated carbocycles. The molecule has 0 aliphatic heterocycles. The SMILES string of the molecule is CCCS(=O)(=O)Nc1ccc(-c2c(N)c3ccc(OCCCO)cc3n2C2CCC2)cc1. The number of nitrogen functional groups attached to an aromatic ring is 1. The Labute approximate surface area is 189 Å². The van der Waals surface area contributed by atoms with Gasteiger partial charge in [0.25, 0.3) is 0 Å². The van der Waals surface area contributed by atoms with Crippen LogP contribution in [0.3, 0.4) is 0 Å². The zero-order valence-electron chi connectivity index (χ0n) is 18.4. The first-order valence-electron chi connectivity index (χ1n) is 11.2. The molecule has 1 heterocycles. The number of hydrogen-bond acceptors (Lipinski definition) is 5. The highest BCUT2D eigenvalue weighted by Crippen LogP contribution is 2.44. The van der Waals surface area contributed by atoms with Gasteiger partial charge >= 0.3 is 0 Å². The first-order valence-corrected chi connectivity index (χ1v) is 12.9. The van der Waals surface area contributed by atoms with E-state index in [9.17, 15) is 8.42 Å². The Balaban J connectivity index is 1.72. The largest absolute Gasteiger partial charge is 0.493 e. The Hall–Kier alpha value is -2.71. The fourth-order valence-electron chi connectivity index (χ4n) is 4.17. The number of benzene rings is 2. The molecule has 0 atom stereocenters. The summed E-state index contributed by atoms with van der Waals surface area (Å²) < 4.78 is 34.9. The molecular weight excluding hydrogens is 426 g/mol. The molecule has 1 aliphatic rings. The fraction of sp³-hybridized carbons (Fsp3) is 0.417. The molecule has 1 fully saturated rings. The summed E-state index contributed by atoms with van der Waals surface area (Å²) in [7, 11) is -3.33. The normalized spacial score (nSPS) is 14.4. The topological polar surface area (TPSA) is 107 Å². The molecule has 0 spiro atoms. The predicted molar refractivity (Wildman–Crippen MR) is 130 cm³/mol. The number of fused-ring (bicyclic) bond motifs is 1. The van der Waals surface area contributed by atoms with Gasteiger partial charge in [0.1, 0.15) is 5.75 Å². The molecule has 3 aromatic rings. The lowest BCUT2D eigenvalue weighted by Gasteiger charge is -2.30. The maximum Gasteiger partial charge on any atom is 0.232 e. The van der Waals surface area contributed by atoms with E-state index in [1.54, 1.807) is 12.1 Å². The summed E-state index contributed by atoms with van der Waals surface area (Å²) in [4.78, 5) is 0. The molecule has 0 bridgehead atoms. The smallest absolute Gasteiger partial charge is 0.232 e. The Morgan fingerprint density at radius 3 is 2.56 bits per heavy atom. The average Bonchev–Trinajstić information content (AvgIpc) is 2.99. The van der Waals surface area contributed by atoms with Gasteiger partial charge in [0, 0.05) is 41.8 Å². The summed E-state index contributed by atoms with van der Waals surface area (Å²) in [5.41, 5.74) is 10.8. The summed E-state index contributed by atoms with van der Waals surface area (Å²) in [6, 6.07) is 13.7. The Kier molecular flexibility index (Phi) is 6.62. The van der Waals surface area contributed by atoms with E-state index in [1.807, 2.05) is 37.3 Å².